The average Bonchev–Trinajstić information content (AvgIpc) is 3.27. The summed E-state index contributed by atoms with van der Waals surface area (Å²) < 4.78 is 15.8. The molecule has 1 saturated heterocycles. The van der Waals surface area contributed by atoms with Crippen LogP contribution in [0.25, 0.3) is 22.1 Å². The van der Waals surface area contributed by atoms with Crippen molar-refractivity contribution in [1.82, 2.24) is 29.5 Å². The van der Waals surface area contributed by atoms with Crippen molar-refractivity contribution in [3.63, 3.8) is 0 Å². The van der Waals surface area contributed by atoms with E-state index in [9.17, 15) is 14.0 Å². The number of aryl methyl sites for hydroxylation is 1. The van der Waals surface area contributed by atoms with Crippen LogP contribution in [0.5, 0.6) is 0 Å². The predicted molar refractivity (Wildman–Crippen MR) is 157 cm³/mol. The Bertz CT molecular complexity index is 1760. The van der Waals surface area contributed by atoms with Crippen LogP contribution in [0.1, 0.15) is 28.4 Å². The molecule has 1 fully saturated rings. The van der Waals surface area contributed by atoms with Crippen LogP contribution in [-0.4, -0.2) is 72.8 Å². The molecule has 1 aliphatic heterocycles. The summed E-state index contributed by atoms with van der Waals surface area (Å²) >= 11 is 1.26. The lowest BCUT2D eigenvalue weighted by Crippen LogP contribution is -2.55. The van der Waals surface area contributed by atoms with Gasteiger partial charge in [-0.3, -0.25) is 9.59 Å². The summed E-state index contributed by atoms with van der Waals surface area (Å²) in [4.78, 5) is 34.3. The number of halogens is 1. The smallest absolute Gasteiger partial charge is 0.254 e. The van der Waals surface area contributed by atoms with Crippen molar-refractivity contribution in [3.05, 3.63) is 95.3 Å². The molecule has 8 nitrogen and oxygen atoms in total. The highest BCUT2D eigenvalue weighted by atomic mass is 32.2. The molecule has 2 aromatic heterocycles. The maximum absolute atomic E-state index is 13.6. The second-order valence-corrected chi connectivity index (χ2v) is 11.3. The minimum Gasteiger partial charge on any atom is -0.338 e. The number of aromatic nitrogens is 4. The third-order valence-corrected chi connectivity index (χ3v) is 8.25. The van der Waals surface area contributed by atoms with Crippen LogP contribution in [0.15, 0.2) is 78.0 Å². The SMILES string of the molecule is Cc1ccc2c(c1)c1nnc(SCC(=O)N3CCN(C(=O)c4cccc(F)c4)C(C)C3)nc1n2Cc1ccccc1. The Morgan fingerprint density at radius 2 is 1.83 bits per heavy atom. The molecule has 0 aliphatic carbocycles. The van der Waals surface area contributed by atoms with E-state index in [1.807, 2.05) is 25.1 Å². The van der Waals surface area contributed by atoms with Crippen LogP contribution in [0.3, 0.4) is 0 Å². The van der Waals surface area contributed by atoms with Crippen LogP contribution < -0.4 is 0 Å². The van der Waals surface area contributed by atoms with Crippen molar-refractivity contribution in [2.24, 2.45) is 0 Å². The van der Waals surface area contributed by atoms with E-state index in [2.05, 4.69) is 52.0 Å². The van der Waals surface area contributed by atoms with Gasteiger partial charge < -0.3 is 14.4 Å². The van der Waals surface area contributed by atoms with Crippen LogP contribution >= 0.6 is 11.8 Å². The summed E-state index contributed by atoms with van der Waals surface area (Å²) in [6.07, 6.45) is 0. The summed E-state index contributed by atoms with van der Waals surface area (Å²) in [6.45, 7) is 5.79. The third-order valence-electron chi connectivity index (χ3n) is 7.42. The molecule has 208 valence electrons. The largest absolute Gasteiger partial charge is 0.338 e. The molecule has 1 aliphatic rings. The second-order valence-electron chi connectivity index (χ2n) is 10.3. The molecule has 3 heterocycles. The Kier molecular flexibility index (Phi) is 7.40. The van der Waals surface area contributed by atoms with Gasteiger partial charge in [0.25, 0.3) is 5.91 Å². The van der Waals surface area contributed by atoms with E-state index in [1.54, 1.807) is 15.9 Å². The van der Waals surface area contributed by atoms with E-state index in [1.165, 1.54) is 30.0 Å². The molecule has 3 aromatic carbocycles. The first-order valence-electron chi connectivity index (χ1n) is 13.5. The van der Waals surface area contributed by atoms with E-state index in [4.69, 9.17) is 4.98 Å². The molecule has 0 spiro atoms. The van der Waals surface area contributed by atoms with E-state index in [0.29, 0.717) is 36.9 Å². The number of carbonyl (C=O) groups is 2. The Labute approximate surface area is 241 Å². The quantitative estimate of drug-likeness (QED) is 0.270. The number of nitrogens with zero attached hydrogens (tertiary/aromatic N) is 6. The van der Waals surface area contributed by atoms with Crippen LogP contribution in [0, 0.1) is 12.7 Å². The fraction of sp³-hybridized carbons (Fsp3) is 0.258. The van der Waals surface area contributed by atoms with Gasteiger partial charge in [0.2, 0.25) is 11.1 Å². The molecular weight excluding hydrogens is 539 g/mol. The van der Waals surface area contributed by atoms with E-state index < -0.39 is 5.82 Å². The second kappa shape index (κ2) is 11.3. The molecule has 2 amide bonds. The van der Waals surface area contributed by atoms with Crippen molar-refractivity contribution in [3.8, 4) is 0 Å². The number of fused-ring (bicyclic) bond motifs is 3. The van der Waals surface area contributed by atoms with Gasteiger partial charge in [0.1, 0.15) is 11.3 Å². The van der Waals surface area contributed by atoms with Crippen molar-refractivity contribution in [2.75, 3.05) is 25.4 Å². The van der Waals surface area contributed by atoms with Gasteiger partial charge in [-0.1, -0.05) is 59.8 Å². The summed E-state index contributed by atoms with van der Waals surface area (Å²) in [5.74, 6) is -0.563. The lowest BCUT2D eigenvalue weighted by atomic mass is 10.1. The molecule has 0 N–H and O–H groups in total. The summed E-state index contributed by atoms with van der Waals surface area (Å²) in [5, 5.41) is 10.3. The summed E-state index contributed by atoms with van der Waals surface area (Å²) in [6, 6.07) is 22.0. The minimum absolute atomic E-state index is 0.0520. The number of rotatable bonds is 6. The highest BCUT2D eigenvalue weighted by Gasteiger charge is 2.30. The number of thioether (sulfide) groups is 1. The lowest BCUT2D eigenvalue weighted by molar-refractivity contribution is -0.130. The molecule has 5 aromatic rings. The fourth-order valence-electron chi connectivity index (χ4n) is 5.33. The van der Waals surface area contributed by atoms with Gasteiger partial charge in [0.15, 0.2) is 5.65 Å². The first-order valence-corrected chi connectivity index (χ1v) is 14.5. The van der Waals surface area contributed by atoms with Gasteiger partial charge in [-0.2, -0.15) is 0 Å². The lowest BCUT2D eigenvalue weighted by Gasteiger charge is -2.40. The highest BCUT2D eigenvalue weighted by molar-refractivity contribution is 7.99. The molecule has 1 unspecified atom stereocenters. The fourth-order valence-corrected chi connectivity index (χ4v) is 6.02. The molecule has 0 saturated carbocycles. The first-order chi connectivity index (χ1) is 19.9. The molecule has 1 atom stereocenters. The molecule has 0 radical (unpaired) electrons. The van der Waals surface area contributed by atoms with Gasteiger partial charge in [-0.15, -0.1) is 10.2 Å². The Morgan fingerprint density at radius 3 is 2.61 bits per heavy atom. The van der Waals surface area contributed by atoms with Crippen molar-refractivity contribution >= 4 is 45.6 Å². The van der Waals surface area contributed by atoms with Crippen molar-refractivity contribution in [1.29, 1.82) is 0 Å². The average molecular weight is 569 g/mol. The monoisotopic (exact) mass is 568 g/mol. The van der Waals surface area contributed by atoms with Crippen LogP contribution in [-0.2, 0) is 11.3 Å². The Hall–Kier alpha value is -4.31. The van der Waals surface area contributed by atoms with E-state index in [-0.39, 0.29) is 23.6 Å². The first kappa shape index (κ1) is 26.9. The van der Waals surface area contributed by atoms with E-state index in [0.717, 1.165) is 33.2 Å². The molecular formula is C31H29FN6O2S. The van der Waals surface area contributed by atoms with Gasteiger partial charge in [-0.25, -0.2) is 9.37 Å². The number of hydrogen-bond donors (Lipinski definition) is 0. The highest BCUT2D eigenvalue weighted by Crippen LogP contribution is 2.29. The van der Waals surface area contributed by atoms with Crippen LogP contribution in [0.2, 0.25) is 0 Å². The topological polar surface area (TPSA) is 84.2 Å². The molecule has 41 heavy (non-hydrogen) atoms. The summed E-state index contributed by atoms with van der Waals surface area (Å²) in [5.41, 5.74) is 5.11. The maximum atomic E-state index is 13.6. The van der Waals surface area contributed by atoms with Crippen LogP contribution in [0.4, 0.5) is 4.39 Å². The third kappa shape index (κ3) is 5.52. The number of benzene rings is 3. The Balaban J connectivity index is 1.16. The number of piperazine rings is 1. The zero-order valence-electron chi connectivity index (χ0n) is 22.8. The summed E-state index contributed by atoms with van der Waals surface area (Å²) in [7, 11) is 0. The van der Waals surface area contributed by atoms with Crippen molar-refractivity contribution in [2.45, 2.75) is 31.6 Å². The van der Waals surface area contributed by atoms with Gasteiger partial charge >= 0.3 is 0 Å². The molecule has 6 rings (SSSR count). The zero-order valence-corrected chi connectivity index (χ0v) is 23.6. The number of hydrogen-bond acceptors (Lipinski definition) is 6. The number of amides is 2. The standard InChI is InChI=1S/C31H29FN6O2S/c1-20-11-12-26-25(15-20)28-29(38(26)18-22-7-4-3-5-8-22)33-31(35-34-28)41-19-27(39)36-13-14-37(21(2)17-36)30(40)23-9-6-10-24(32)16-23/h3-12,15-16,21H,13-14,17-19H2,1-2H3. The van der Waals surface area contributed by atoms with Gasteiger partial charge in [0.05, 0.1) is 11.3 Å². The van der Waals surface area contributed by atoms with Gasteiger partial charge in [-0.05, 0) is 49.7 Å². The zero-order chi connectivity index (χ0) is 28.5. The minimum atomic E-state index is -0.445. The molecule has 0 bridgehead atoms. The van der Waals surface area contributed by atoms with Gasteiger partial charge in [0, 0.05) is 43.2 Å². The van der Waals surface area contributed by atoms with E-state index >= 15 is 0 Å². The Morgan fingerprint density at radius 1 is 1.00 bits per heavy atom. The molecule has 10 heteroatoms. The normalized spacial score (nSPS) is 15.5. The van der Waals surface area contributed by atoms with Crippen molar-refractivity contribution < 1.29 is 14.0 Å². The maximum Gasteiger partial charge on any atom is 0.254 e. The number of carbonyl (C=O) groups excluding carboxylic acids is 2. The predicted octanol–water partition coefficient (Wildman–Crippen LogP) is 4.94.